The number of allylic oxidation sites excluding steroid dienone is 2. The summed E-state index contributed by atoms with van der Waals surface area (Å²) >= 11 is 0. The third kappa shape index (κ3) is 1.98. The second-order valence-corrected chi connectivity index (χ2v) is 7.29. The van der Waals surface area contributed by atoms with E-state index in [1.165, 1.54) is 0 Å². The molecule has 0 unspecified atom stereocenters. The number of amides is 2. The maximum atomic E-state index is 12.8. The van der Waals surface area contributed by atoms with Gasteiger partial charge in [0.2, 0.25) is 0 Å². The number of hydrazone groups is 1. The second-order valence-electron chi connectivity index (χ2n) is 7.29. The van der Waals surface area contributed by atoms with E-state index in [0.29, 0.717) is 0 Å². The van der Waals surface area contributed by atoms with Crippen molar-refractivity contribution in [2.45, 2.75) is 12.8 Å². The first-order valence-electron chi connectivity index (χ1n) is 8.79. The number of carbonyl (C=O) groups is 2. The van der Waals surface area contributed by atoms with Crippen molar-refractivity contribution in [3.8, 4) is 0 Å². The van der Waals surface area contributed by atoms with E-state index in [0.717, 1.165) is 34.3 Å². The summed E-state index contributed by atoms with van der Waals surface area (Å²) in [5, 5.41) is 6.49. The summed E-state index contributed by atoms with van der Waals surface area (Å²) in [7, 11) is 1.98. The quantitative estimate of drug-likeness (QED) is 0.482. The van der Waals surface area contributed by atoms with Crippen molar-refractivity contribution in [3.05, 3.63) is 48.2 Å². The Kier molecular flexibility index (Phi) is 3.02. The zero-order valence-corrected chi connectivity index (χ0v) is 14.0. The predicted octanol–water partition coefficient (Wildman–Crippen LogP) is 2.71. The Morgan fingerprint density at radius 1 is 1.04 bits per heavy atom. The molecule has 1 saturated heterocycles. The van der Waals surface area contributed by atoms with Crippen LogP contribution >= 0.6 is 0 Å². The van der Waals surface area contributed by atoms with Crippen molar-refractivity contribution < 1.29 is 9.59 Å². The molecule has 0 spiro atoms. The Morgan fingerprint density at radius 2 is 1.68 bits per heavy atom. The summed E-state index contributed by atoms with van der Waals surface area (Å²) in [6.45, 7) is 0. The van der Waals surface area contributed by atoms with Crippen molar-refractivity contribution >= 4 is 28.9 Å². The SMILES string of the molecule is Cn1cc(/C=N\N2C(=O)[C@@H]3[C@H](C2=O)[C@H]2C=C[C@H]3CC2)c2ccccc21. The summed E-state index contributed by atoms with van der Waals surface area (Å²) in [5.74, 6) is -0.286. The highest BCUT2D eigenvalue weighted by atomic mass is 16.2. The Morgan fingerprint density at radius 3 is 2.32 bits per heavy atom. The van der Waals surface area contributed by atoms with E-state index in [1.807, 2.05) is 42.1 Å². The van der Waals surface area contributed by atoms with Gasteiger partial charge in [0, 0.05) is 29.7 Å². The molecule has 1 aliphatic heterocycles. The molecule has 0 radical (unpaired) electrons. The number of hydrogen-bond donors (Lipinski definition) is 0. The molecule has 2 fully saturated rings. The Balaban J connectivity index is 1.49. The predicted molar refractivity (Wildman–Crippen MR) is 94.7 cm³/mol. The Hall–Kier alpha value is -2.69. The topological polar surface area (TPSA) is 54.7 Å². The highest BCUT2D eigenvalue weighted by Gasteiger charge is 2.56. The van der Waals surface area contributed by atoms with Crippen molar-refractivity contribution in [1.82, 2.24) is 9.58 Å². The van der Waals surface area contributed by atoms with Gasteiger partial charge in [-0.3, -0.25) is 9.59 Å². The van der Waals surface area contributed by atoms with Crippen LogP contribution in [0.1, 0.15) is 18.4 Å². The molecule has 2 amide bonds. The first-order valence-corrected chi connectivity index (χ1v) is 8.79. The van der Waals surface area contributed by atoms with E-state index in [9.17, 15) is 9.59 Å². The molecular weight excluding hydrogens is 314 g/mol. The summed E-state index contributed by atoms with van der Waals surface area (Å²) in [6.07, 6.45) is 9.86. The van der Waals surface area contributed by atoms with Gasteiger partial charge in [-0.25, -0.2) is 0 Å². The average molecular weight is 333 g/mol. The van der Waals surface area contributed by atoms with Gasteiger partial charge in [-0.15, -0.1) is 0 Å². The van der Waals surface area contributed by atoms with E-state index < -0.39 is 0 Å². The van der Waals surface area contributed by atoms with E-state index in [4.69, 9.17) is 0 Å². The number of nitrogens with zero attached hydrogens (tertiary/aromatic N) is 3. The molecule has 1 aromatic heterocycles. The minimum absolute atomic E-state index is 0.134. The molecule has 2 heterocycles. The Labute approximate surface area is 145 Å². The number of aryl methyl sites for hydroxylation is 1. The van der Waals surface area contributed by atoms with Gasteiger partial charge in [-0.1, -0.05) is 30.4 Å². The molecule has 4 aliphatic rings. The van der Waals surface area contributed by atoms with Crippen LogP contribution in [-0.2, 0) is 16.6 Å². The van der Waals surface area contributed by atoms with Crippen molar-refractivity contribution in [3.63, 3.8) is 0 Å². The lowest BCUT2D eigenvalue weighted by atomic mass is 9.63. The molecule has 126 valence electrons. The maximum Gasteiger partial charge on any atom is 0.254 e. The number of para-hydroxylation sites is 1. The summed E-state index contributed by atoms with van der Waals surface area (Å²) < 4.78 is 2.02. The van der Waals surface area contributed by atoms with Crippen molar-refractivity contribution in [1.29, 1.82) is 0 Å². The fraction of sp³-hybridized carbons (Fsp3) is 0.350. The van der Waals surface area contributed by atoms with Crippen LogP contribution in [0.25, 0.3) is 10.9 Å². The number of aromatic nitrogens is 1. The average Bonchev–Trinajstić information content (AvgIpc) is 3.11. The molecule has 1 saturated carbocycles. The smallest absolute Gasteiger partial charge is 0.254 e. The highest BCUT2D eigenvalue weighted by molar-refractivity contribution is 6.07. The fourth-order valence-corrected chi connectivity index (χ4v) is 4.77. The second kappa shape index (κ2) is 5.15. The number of fused-ring (bicyclic) bond motifs is 2. The van der Waals surface area contributed by atoms with Crippen LogP contribution in [0.2, 0.25) is 0 Å². The van der Waals surface area contributed by atoms with Gasteiger partial charge >= 0.3 is 0 Å². The van der Waals surface area contributed by atoms with Gasteiger partial charge in [0.25, 0.3) is 11.8 Å². The monoisotopic (exact) mass is 333 g/mol. The first kappa shape index (κ1) is 14.6. The molecule has 1 aromatic carbocycles. The van der Waals surface area contributed by atoms with Crippen LogP contribution in [0, 0.1) is 23.7 Å². The lowest BCUT2D eigenvalue weighted by molar-refractivity contribution is -0.140. The van der Waals surface area contributed by atoms with Crippen LogP contribution in [0.3, 0.4) is 0 Å². The molecule has 2 bridgehead atoms. The maximum absolute atomic E-state index is 12.8. The highest BCUT2D eigenvalue weighted by Crippen LogP contribution is 2.49. The summed E-state index contributed by atoms with van der Waals surface area (Å²) in [6, 6.07) is 8.03. The lowest BCUT2D eigenvalue weighted by Crippen LogP contribution is -2.38. The van der Waals surface area contributed by atoms with Gasteiger partial charge in [0.1, 0.15) is 0 Å². The lowest BCUT2D eigenvalue weighted by Gasteiger charge is -2.37. The van der Waals surface area contributed by atoms with Crippen LogP contribution in [0.15, 0.2) is 47.7 Å². The molecule has 2 aromatic rings. The fourth-order valence-electron chi connectivity index (χ4n) is 4.77. The molecule has 6 rings (SSSR count). The van der Waals surface area contributed by atoms with Gasteiger partial charge in [-0.05, 0) is 30.7 Å². The van der Waals surface area contributed by atoms with Gasteiger partial charge in [0.15, 0.2) is 0 Å². The number of rotatable bonds is 2. The van der Waals surface area contributed by atoms with E-state index in [1.54, 1.807) is 6.21 Å². The van der Waals surface area contributed by atoms with E-state index in [-0.39, 0.29) is 35.5 Å². The molecule has 3 aliphatic carbocycles. The minimum atomic E-state index is -0.207. The van der Waals surface area contributed by atoms with E-state index in [2.05, 4.69) is 17.3 Å². The molecule has 25 heavy (non-hydrogen) atoms. The van der Waals surface area contributed by atoms with Crippen molar-refractivity contribution in [2.75, 3.05) is 0 Å². The number of hydrogen-bond acceptors (Lipinski definition) is 3. The van der Waals surface area contributed by atoms with Crippen LogP contribution in [0.4, 0.5) is 0 Å². The largest absolute Gasteiger partial charge is 0.350 e. The molecular formula is C20H19N3O2. The van der Waals surface area contributed by atoms with Crippen molar-refractivity contribution in [2.24, 2.45) is 35.8 Å². The summed E-state index contributed by atoms with van der Waals surface area (Å²) in [5.41, 5.74) is 2.01. The normalized spacial score (nSPS) is 30.8. The van der Waals surface area contributed by atoms with Crippen LogP contribution in [-0.4, -0.2) is 27.6 Å². The third-order valence-corrected chi connectivity index (χ3v) is 5.98. The number of imide groups is 1. The number of carbonyl (C=O) groups excluding carboxylic acids is 2. The standard InChI is InChI=1S/C20H19N3O2/c1-22-11-14(15-4-2-3-5-16(15)22)10-21-23-19(24)17-12-6-7-13(9-8-12)18(17)20(23)25/h2-7,10-13,17-18H,8-9H2,1H3/b21-10-/t12-,13-,17-,18+/m0/s1. The van der Waals surface area contributed by atoms with Gasteiger partial charge in [-0.2, -0.15) is 10.1 Å². The van der Waals surface area contributed by atoms with Crippen LogP contribution in [0.5, 0.6) is 0 Å². The Bertz CT molecular complexity index is 923. The molecule has 4 atom stereocenters. The zero-order valence-electron chi connectivity index (χ0n) is 14.0. The summed E-state index contributed by atoms with van der Waals surface area (Å²) in [4.78, 5) is 25.6. The third-order valence-electron chi connectivity index (χ3n) is 5.98. The first-order chi connectivity index (χ1) is 12.1. The molecule has 5 heteroatoms. The molecule has 0 N–H and O–H groups in total. The molecule has 5 nitrogen and oxygen atoms in total. The van der Waals surface area contributed by atoms with E-state index >= 15 is 0 Å². The van der Waals surface area contributed by atoms with Crippen LogP contribution < -0.4 is 0 Å². The zero-order chi connectivity index (χ0) is 17.1. The van der Waals surface area contributed by atoms with Gasteiger partial charge in [0.05, 0.1) is 18.1 Å². The number of benzene rings is 1. The minimum Gasteiger partial charge on any atom is -0.350 e. The van der Waals surface area contributed by atoms with Gasteiger partial charge < -0.3 is 4.57 Å².